The fraction of sp³-hybridized carbons (Fsp3) is 0.350. The molecule has 2 rings (SSSR count). The van der Waals surface area contributed by atoms with Crippen molar-refractivity contribution in [2.24, 2.45) is 0 Å². The average Bonchev–Trinajstić information content (AvgIpc) is 2.55. The third kappa shape index (κ3) is 4.20. The molecule has 0 spiro atoms. The summed E-state index contributed by atoms with van der Waals surface area (Å²) in [6.07, 6.45) is 7.45. The molecule has 1 heteroatoms. The van der Waals surface area contributed by atoms with Gasteiger partial charge >= 0.3 is 0 Å². The Kier molecular flexibility index (Phi) is 6.03. The Balaban J connectivity index is 2.19. The van der Waals surface area contributed by atoms with E-state index >= 15 is 0 Å². The number of hydrogen-bond donors (Lipinski definition) is 0. The molecule has 0 unspecified atom stereocenters. The van der Waals surface area contributed by atoms with Crippen molar-refractivity contribution in [1.29, 1.82) is 5.26 Å². The Bertz CT molecular complexity index is 593. The SMILES string of the molecule is CCCCCCCc1cccc(C#N)c1-c1ccccc1. The van der Waals surface area contributed by atoms with Crippen LogP contribution in [-0.4, -0.2) is 0 Å². The molecule has 0 amide bonds. The minimum absolute atomic E-state index is 0.784. The van der Waals surface area contributed by atoms with Crippen molar-refractivity contribution in [3.05, 3.63) is 59.7 Å². The summed E-state index contributed by atoms with van der Waals surface area (Å²) in [6, 6.07) is 18.7. The van der Waals surface area contributed by atoms with Crippen molar-refractivity contribution in [3.8, 4) is 17.2 Å². The highest BCUT2D eigenvalue weighted by atomic mass is 14.3. The third-order valence-electron chi connectivity index (χ3n) is 3.88. The molecule has 0 aliphatic carbocycles. The van der Waals surface area contributed by atoms with Crippen molar-refractivity contribution >= 4 is 0 Å². The van der Waals surface area contributed by atoms with E-state index in [1.807, 2.05) is 30.3 Å². The van der Waals surface area contributed by atoms with Crippen molar-refractivity contribution in [3.63, 3.8) is 0 Å². The van der Waals surface area contributed by atoms with Crippen molar-refractivity contribution < 1.29 is 0 Å². The van der Waals surface area contributed by atoms with Crippen LogP contribution in [0.5, 0.6) is 0 Å². The first-order valence-corrected chi connectivity index (χ1v) is 7.94. The van der Waals surface area contributed by atoms with Crippen LogP contribution in [0.1, 0.15) is 50.2 Å². The van der Waals surface area contributed by atoms with Crippen LogP contribution in [-0.2, 0) is 6.42 Å². The lowest BCUT2D eigenvalue weighted by atomic mass is 9.92. The van der Waals surface area contributed by atoms with Crippen LogP contribution in [0.25, 0.3) is 11.1 Å². The Morgan fingerprint density at radius 2 is 1.62 bits per heavy atom. The summed E-state index contributed by atoms with van der Waals surface area (Å²) < 4.78 is 0. The number of nitriles is 1. The van der Waals surface area contributed by atoms with E-state index in [1.165, 1.54) is 37.7 Å². The van der Waals surface area contributed by atoms with Crippen molar-refractivity contribution in [2.45, 2.75) is 45.4 Å². The lowest BCUT2D eigenvalue weighted by Crippen LogP contribution is -1.94. The van der Waals surface area contributed by atoms with Crippen LogP contribution in [0.15, 0.2) is 48.5 Å². The normalized spacial score (nSPS) is 10.3. The molecule has 0 radical (unpaired) electrons. The van der Waals surface area contributed by atoms with Gasteiger partial charge in [-0.3, -0.25) is 0 Å². The van der Waals surface area contributed by atoms with Gasteiger partial charge in [-0.25, -0.2) is 0 Å². The van der Waals surface area contributed by atoms with Gasteiger partial charge in [0.2, 0.25) is 0 Å². The smallest absolute Gasteiger partial charge is 0.0998 e. The number of rotatable bonds is 7. The van der Waals surface area contributed by atoms with E-state index in [1.54, 1.807) is 0 Å². The van der Waals surface area contributed by atoms with Gasteiger partial charge in [0.15, 0.2) is 0 Å². The fourth-order valence-electron chi connectivity index (χ4n) is 2.77. The maximum Gasteiger partial charge on any atom is 0.0998 e. The van der Waals surface area contributed by atoms with E-state index in [2.05, 4.69) is 31.2 Å². The molecular formula is C20H23N. The minimum atomic E-state index is 0.784. The van der Waals surface area contributed by atoms with E-state index in [9.17, 15) is 5.26 Å². The first-order valence-electron chi connectivity index (χ1n) is 7.94. The topological polar surface area (TPSA) is 23.8 Å². The van der Waals surface area contributed by atoms with Gasteiger partial charge in [-0.15, -0.1) is 0 Å². The quantitative estimate of drug-likeness (QED) is 0.592. The molecule has 0 N–H and O–H groups in total. The zero-order valence-corrected chi connectivity index (χ0v) is 12.8. The summed E-state index contributed by atoms with van der Waals surface area (Å²) in [5, 5.41) is 9.40. The molecule has 0 fully saturated rings. The van der Waals surface area contributed by atoms with Gasteiger partial charge in [0.25, 0.3) is 0 Å². The van der Waals surface area contributed by atoms with Gasteiger partial charge in [0.05, 0.1) is 11.6 Å². The Morgan fingerprint density at radius 3 is 2.33 bits per heavy atom. The highest BCUT2D eigenvalue weighted by molar-refractivity contribution is 5.73. The van der Waals surface area contributed by atoms with Crippen LogP contribution in [0.2, 0.25) is 0 Å². The molecule has 0 aliphatic rings. The second-order valence-electron chi connectivity index (χ2n) is 5.48. The highest BCUT2D eigenvalue weighted by Crippen LogP contribution is 2.28. The third-order valence-corrected chi connectivity index (χ3v) is 3.88. The summed E-state index contributed by atoms with van der Waals surface area (Å²) in [4.78, 5) is 0. The average molecular weight is 277 g/mol. The fourth-order valence-corrected chi connectivity index (χ4v) is 2.77. The predicted octanol–water partition coefficient (Wildman–Crippen LogP) is 5.74. The van der Waals surface area contributed by atoms with Gasteiger partial charge in [-0.05, 0) is 30.0 Å². The Morgan fingerprint density at radius 1 is 0.857 bits per heavy atom. The molecule has 0 saturated heterocycles. The molecule has 0 atom stereocenters. The lowest BCUT2D eigenvalue weighted by Gasteiger charge is -2.11. The van der Waals surface area contributed by atoms with Crippen molar-refractivity contribution in [2.75, 3.05) is 0 Å². The number of aryl methyl sites for hydroxylation is 1. The van der Waals surface area contributed by atoms with Crippen LogP contribution >= 0.6 is 0 Å². The summed E-state index contributed by atoms with van der Waals surface area (Å²) >= 11 is 0. The van der Waals surface area contributed by atoms with E-state index in [0.717, 1.165) is 23.1 Å². The number of nitrogens with zero attached hydrogens (tertiary/aromatic N) is 1. The second-order valence-corrected chi connectivity index (χ2v) is 5.48. The van der Waals surface area contributed by atoms with Gasteiger partial charge in [-0.1, -0.05) is 75.1 Å². The maximum absolute atomic E-state index is 9.40. The van der Waals surface area contributed by atoms with Crippen LogP contribution < -0.4 is 0 Å². The number of unbranched alkanes of at least 4 members (excludes halogenated alkanes) is 4. The number of benzene rings is 2. The first-order chi connectivity index (χ1) is 10.4. The van der Waals surface area contributed by atoms with Crippen molar-refractivity contribution in [1.82, 2.24) is 0 Å². The molecule has 0 aliphatic heterocycles. The molecule has 0 aromatic heterocycles. The highest BCUT2D eigenvalue weighted by Gasteiger charge is 2.10. The molecule has 2 aromatic rings. The monoisotopic (exact) mass is 277 g/mol. The molecule has 0 bridgehead atoms. The molecule has 2 aromatic carbocycles. The summed E-state index contributed by atoms with van der Waals surface area (Å²) in [5.41, 5.74) is 4.36. The second kappa shape index (κ2) is 8.27. The van der Waals surface area contributed by atoms with Gasteiger partial charge in [-0.2, -0.15) is 5.26 Å². The van der Waals surface area contributed by atoms with Gasteiger partial charge in [0.1, 0.15) is 0 Å². The summed E-state index contributed by atoms with van der Waals surface area (Å²) in [6.45, 7) is 2.24. The zero-order chi connectivity index (χ0) is 14.9. The molecule has 21 heavy (non-hydrogen) atoms. The summed E-state index contributed by atoms with van der Waals surface area (Å²) in [7, 11) is 0. The van der Waals surface area contributed by atoms with E-state index in [0.29, 0.717) is 0 Å². The van der Waals surface area contributed by atoms with Crippen LogP contribution in [0.4, 0.5) is 0 Å². The largest absolute Gasteiger partial charge is 0.192 e. The van der Waals surface area contributed by atoms with E-state index < -0.39 is 0 Å². The van der Waals surface area contributed by atoms with Crippen LogP contribution in [0.3, 0.4) is 0 Å². The molecule has 0 saturated carbocycles. The van der Waals surface area contributed by atoms with E-state index in [4.69, 9.17) is 0 Å². The zero-order valence-electron chi connectivity index (χ0n) is 12.8. The minimum Gasteiger partial charge on any atom is -0.192 e. The molecule has 108 valence electrons. The Hall–Kier alpha value is -2.07. The van der Waals surface area contributed by atoms with Crippen LogP contribution in [0, 0.1) is 11.3 Å². The Labute approximate surface area is 128 Å². The number of hydrogen-bond acceptors (Lipinski definition) is 1. The van der Waals surface area contributed by atoms with E-state index in [-0.39, 0.29) is 0 Å². The standard InChI is InChI=1S/C20H23N/c1-2-3-4-5-7-11-18-14-10-15-19(16-21)20(18)17-12-8-6-9-13-17/h6,8-10,12-15H,2-5,7,11H2,1H3. The molecule has 1 nitrogen and oxygen atoms in total. The molecular weight excluding hydrogens is 254 g/mol. The lowest BCUT2D eigenvalue weighted by molar-refractivity contribution is 0.632. The van der Waals surface area contributed by atoms with Gasteiger partial charge < -0.3 is 0 Å². The first kappa shape index (κ1) is 15.3. The maximum atomic E-state index is 9.40. The van der Waals surface area contributed by atoms with Gasteiger partial charge in [0, 0.05) is 5.56 Å². The predicted molar refractivity (Wildman–Crippen MR) is 89.1 cm³/mol. The summed E-state index contributed by atoms with van der Waals surface area (Å²) in [5.74, 6) is 0. The molecule has 0 heterocycles.